The predicted molar refractivity (Wildman–Crippen MR) is 61.6 cm³/mol. The van der Waals surface area contributed by atoms with Crippen LogP contribution in [-0.4, -0.2) is 24.5 Å². The fourth-order valence-electron chi connectivity index (χ4n) is 1.25. The van der Waals surface area contributed by atoms with Gasteiger partial charge in [-0.05, 0) is 24.8 Å². The van der Waals surface area contributed by atoms with Gasteiger partial charge in [-0.25, -0.2) is 0 Å². The molecular weight excluding hydrogens is 190 g/mol. The molecule has 0 heterocycles. The summed E-state index contributed by atoms with van der Waals surface area (Å²) in [6.45, 7) is 0. The first-order valence-corrected chi connectivity index (χ1v) is 5.02. The summed E-state index contributed by atoms with van der Waals surface area (Å²) in [5.74, 6) is 0. The smallest absolute Gasteiger partial charge is 0.136 e. The fraction of sp³-hybridized carbons (Fsp3) is 0.417. The van der Waals surface area contributed by atoms with Gasteiger partial charge >= 0.3 is 0 Å². The minimum Gasteiger partial charge on any atom is -0.400 e. The van der Waals surface area contributed by atoms with E-state index in [9.17, 15) is 4.79 Å². The largest absolute Gasteiger partial charge is 0.400 e. The van der Waals surface area contributed by atoms with Crippen molar-refractivity contribution in [2.24, 2.45) is 5.73 Å². The van der Waals surface area contributed by atoms with Crippen LogP contribution in [0.15, 0.2) is 30.3 Å². The van der Waals surface area contributed by atoms with E-state index in [1.54, 1.807) is 0 Å². The van der Waals surface area contributed by atoms with E-state index in [0.717, 1.165) is 32.7 Å². The van der Waals surface area contributed by atoms with Gasteiger partial charge in [0.05, 0.1) is 6.04 Å². The molecule has 0 amide bonds. The molecule has 3 heteroatoms. The van der Waals surface area contributed by atoms with E-state index >= 15 is 0 Å². The molecular formula is C12H19NO2. The van der Waals surface area contributed by atoms with Crippen molar-refractivity contribution in [3.8, 4) is 0 Å². The van der Waals surface area contributed by atoms with Gasteiger partial charge in [0.15, 0.2) is 0 Å². The Bertz CT molecular complexity index is 249. The van der Waals surface area contributed by atoms with Crippen LogP contribution in [-0.2, 0) is 11.2 Å². The third-order valence-electron chi connectivity index (χ3n) is 2.02. The molecule has 0 radical (unpaired) electrons. The third kappa shape index (κ3) is 6.82. The van der Waals surface area contributed by atoms with Crippen molar-refractivity contribution in [1.82, 2.24) is 0 Å². The van der Waals surface area contributed by atoms with E-state index in [4.69, 9.17) is 10.8 Å². The molecule has 3 nitrogen and oxygen atoms in total. The molecule has 1 atom stereocenters. The zero-order chi connectivity index (χ0) is 11.5. The highest BCUT2D eigenvalue weighted by molar-refractivity contribution is 5.56. The summed E-state index contributed by atoms with van der Waals surface area (Å²) in [6.07, 6.45) is 3.57. The monoisotopic (exact) mass is 209 g/mol. The lowest BCUT2D eigenvalue weighted by molar-refractivity contribution is -0.109. The van der Waals surface area contributed by atoms with Crippen LogP contribution in [0.1, 0.15) is 18.4 Å². The van der Waals surface area contributed by atoms with Crippen molar-refractivity contribution in [3.05, 3.63) is 35.9 Å². The highest BCUT2D eigenvalue weighted by atomic mass is 16.2. The highest BCUT2D eigenvalue weighted by Gasteiger charge is 1.99. The second-order valence-electron chi connectivity index (χ2n) is 3.18. The molecule has 0 saturated heterocycles. The lowest BCUT2D eigenvalue weighted by Gasteiger charge is -2.03. The minimum absolute atomic E-state index is 0.288. The summed E-state index contributed by atoms with van der Waals surface area (Å²) in [5.41, 5.74) is 6.78. The molecule has 1 aromatic rings. The number of benzene rings is 1. The normalized spacial score (nSPS) is 11.1. The molecule has 0 saturated carbocycles. The second kappa shape index (κ2) is 9.37. The van der Waals surface area contributed by atoms with Crippen LogP contribution < -0.4 is 5.73 Å². The molecule has 1 rings (SSSR count). The van der Waals surface area contributed by atoms with Gasteiger partial charge in [-0.1, -0.05) is 30.3 Å². The number of aliphatic hydroxyl groups is 1. The summed E-state index contributed by atoms with van der Waals surface area (Å²) in [5, 5.41) is 7.00. The number of carbonyl (C=O) groups is 1. The average Bonchev–Trinajstić information content (AvgIpc) is 2.33. The summed E-state index contributed by atoms with van der Waals surface area (Å²) in [6, 6.07) is 9.94. The van der Waals surface area contributed by atoms with Crippen LogP contribution >= 0.6 is 0 Å². The number of hydrogen-bond acceptors (Lipinski definition) is 3. The molecule has 3 N–H and O–H groups in total. The molecule has 1 unspecified atom stereocenters. The Morgan fingerprint density at radius 1 is 1.33 bits per heavy atom. The van der Waals surface area contributed by atoms with Gasteiger partial charge in [-0.2, -0.15) is 0 Å². The number of aldehydes is 1. The van der Waals surface area contributed by atoms with Gasteiger partial charge in [0, 0.05) is 7.11 Å². The third-order valence-corrected chi connectivity index (χ3v) is 2.02. The van der Waals surface area contributed by atoms with Gasteiger partial charge < -0.3 is 15.6 Å². The van der Waals surface area contributed by atoms with Crippen molar-refractivity contribution < 1.29 is 9.90 Å². The molecule has 0 aromatic heterocycles. The first-order chi connectivity index (χ1) is 7.33. The highest BCUT2D eigenvalue weighted by Crippen LogP contribution is 2.04. The molecule has 0 aliphatic carbocycles. The Hall–Kier alpha value is -1.19. The molecule has 0 bridgehead atoms. The van der Waals surface area contributed by atoms with Gasteiger partial charge in [0.2, 0.25) is 0 Å². The maximum atomic E-state index is 10.2. The van der Waals surface area contributed by atoms with Crippen LogP contribution in [0, 0.1) is 0 Å². The molecule has 84 valence electrons. The van der Waals surface area contributed by atoms with Crippen molar-refractivity contribution in [3.63, 3.8) is 0 Å². The van der Waals surface area contributed by atoms with Crippen LogP contribution in [0.5, 0.6) is 0 Å². The lowest BCUT2D eigenvalue weighted by atomic mass is 10.1. The van der Waals surface area contributed by atoms with E-state index in [2.05, 4.69) is 12.1 Å². The van der Waals surface area contributed by atoms with Crippen molar-refractivity contribution >= 4 is 6.29 Å². The van der Waals surface area contributed by atoms with Crippen LogP contribution in [0.2, 0.25) is 0 Å². The number of nitrogens with two attached hydrogens (primary N) is 1. The summed E-state index contributed by atoms with van der Waals surface area (Å²) in [7, 11) is 1.00. The van der Waals surface area contributed by atoms with Crippen LogP contribution in [0.25, 0.3) is 0 Å². The molecule has 0 aliphatic rings. The topological polar surface area (TPSA) is 63.3 Å². The Labute approximate surface area is 90.9 Å². The average molecular weight is 209 g/mol. The zero-order valence-corrected chi connectivity index (χ0v) is 9.10. The Balaban J connectivity index is 0.000000921. The molecule has 1 aromatic carbocycles. The quantitative estimate of drug-likeness (QED) is 0.715. The maximum absolute atomic E-state index is 10.2. The lowest BCUT2D eigenvalue weighted by Crippen LogP contribution is -2.21. The summed E-state index contributed by atoms with van der Waals surface area (Å²) in [4.78, 5) is 10.2. The Morgan fingerprint density at radius 2 is 1.93 bits per heavy atom. The summed E-state index contributed by atoms with van der Waals surface area (Å²) < 4.78 is 0. The SMILES string of the molecule is CO.NC(C=O)CCCc1ccccc1. The maximum Gasteiger partial charge on any atom is 0.136 e. The van der Waals surface area contributed by atoms with E-state index in [0.29, 0.717) is 0 Å². The van der Waals surface area contributed by atoms with E-state index in [-0.39, 0.29) is 6.04 Å². The number of hydrogen-bond donors (Lipinski definition) is 2. The van der Waals surface area contributed by atoms with Crippen LogP contribution in [0.3, 0.4) is 0 Å². The van der Waals surface area contributed by atoms with Crippen molar-refractivity contribution in [2.45, 2.75) is 25.3 Å². The fourth-order valence-corrected chi connectivity index (χ4v) is 1.25. The second-order valence-corrected chi connectivity index (χ2v) is 3.18. The van der Waals surface area contributed by atoms with Gasteiger partial charge in [0.25, 0.3) is 0 Å². The Morgan fingerprint density at radius 3 is 2.47 bits per heavy atom. The summed E-state index contributed by atoms with van der Waals surface area (Å²) >= 11 is 0. The predicted octanol–water partition coefficient (Wildman–Crippen LogP) is 1.14. The van der Waals surface area contributed by atoms with E-state index in [1.165, 1.54) is 5.56 Å². The Kier molecular flexibility index (Phi) is 8.63. The number of rotatable bonds is 5. The first-order valence-electron chi connectivity index (χ1n) is 5.02. The molecule has 0 fully saturated rings. The van der Waals surface area contributed by atoms with Crippen molar-refractivity contribution in [2.75, 3.05) is 7.11 Å². The molecule has 0 spiro atoms. The number of aliphatic hydroxyl groups excluding tert-OH is 1. The molecule has 0 aliphatic heterocycles. The minimum atomic E-state index is -0.288. The number of aryl methyl sites for hydroxylation is 1. The van der Waals surface area contributed by atoms with Gasteiger partial charge in [-0.3, -0.25) is 0 Å². The molecule has 15 heavy (non-hydrogen) atoms. The first kappa shape index (κ1) is 13.8. The van der Waals surface area contributed by atoms with E-state index in [1.807, 2.05) is 18.2 Å². The van der Waals surface area contributed by atoms with E-state index < -0.39 is 0 Å². The van der Waals surface area contributed by atoms with Crippen LogP contribution in [0.4, 0.5) is 0 Å². The van der Waals surface area contributed by atoms with Gasteiger partial charge in [-0.15, -0.1) is 0 Å². The zero-order valence-electron chi connectivity index (χ0n) is 9.10. The number of carbonyl (C=O) groups excluding carboxylic acids is 1. The van der Waals surface area contributed by atoms with Crippen molar-refractivity contribution in [1.29, 1.82) is 0 Å². The van der Waals surface area contributed by atoms with Gasteiger partial charge in [0.1, 0.15) is 6.29 Å². The standard InChI is InChI=1S/C11H15NO.CH4O/c12-11(9-13)8-4-7-10-5-2-1-3-6-10;1-2/h1-3,5-6,9,11H,4,7-8,12H2;2H,1H3.